The van der Waals surface area contributed by atoms with Gasteiger partial charge in [-0.2, -0.15) is 0 Å². The molecule has 2 nitrogen and oxygen atoms in total. The first-order valence-corrected chi connectivity index (χ1v) is 8.18. The van der Waals surface area contributed by atoms with Gasteiger partial charge in [0.2, 0.25) is 0 Å². The SMILES string of the molecule is CCCNCc1ccc(COC2CCCC2)c(Br)c1. The van der Waals surface area contributed by atoms with Gasteiger partial charge in [0, 0.05) is 11.0 Å². The normalized spacial score (nSPS) is 16.1. The van der Waals surface area contributed by atoms with Gasteiger partial charge >= 0.3 is 0 Å². The molecule has 1 fully saturated rings. The van der Waals surface area contributed by atoms with Gasteiger partial charge in [-0.25, -0.2) is 0 Å². The van der Waals surface area contributed by atoms with E-state index in [-0.39, 0.29) is 0 Å². The monoisotopic (exact) mass is 325 g/mol. The van der Waals surface area contributed by atoms with Crippen LogP contribution in [0.1, 0.15) is 50.2 Å². The van der Waals surface area contributed by atoms with E-state index in [4.69, 9.17) is 4.74 Å². The molecule has 0 saturated heterocycles. The van der Waals surface area contributed by atoms with E-state index >= 15 is 0 Å². The zero-order valence-electron chi connectivity index (χ0n) is 11.8. The van der Waals surface area contributed by atoms with Crippen LogP contribution in [0.25, 0.3) is 0 Å². The summed E-state index contributed by atoms with van der Waals surface area (Å²) in [6, 6.07) is 6.58. The molecule has 0 heterocycles. The molecule has 0 aliphatic heterocycles. The van der Waals surface area contributed by atoms with E-state index in [1.165, 1.54) is 47.7 Å². The van der Waals surface area contributed by atoms with E-state index < -0.39 is 0 Å². The zero-order chi connectivity index (χ0) is 13.5. The predicted molar refractivity (Wildman–Crippen MR) is 83.2 cm³/mol. The van der Waals surface area contributed by atoms with E-state index in [0.29, 0.717) is 6.10 Å². The molecule has 2 rings (SSSR count). The average Bonchev–Trinajstić information content (AvgIpc) is 2.91. The molecule has 1 aromatic carbocycles. The van der Waals surface area contributed by atoms with Crippen molar-refractivity contribution in [3.63, 3.8) is 0 Å². The second-order valence-electron chi connectivity index (χ2n) is 5.32. The number of nitrogens with one attached hydrogen (secondary N) is 1. The van der Waals surface area contributed by atoms with Gasteiger partial charge < -0.3 is 10.1 Å². The number of hydrogen-bond donors (Lipinski definition) is 1. The third-order valence-corrected chi connectivity index (χ3v) is 4.39. The Labute approximate surface area is 125 Å². The minimum Gasteiger partial charge on any atom is -0.374 e. The van der Waals surface area contributed by atoms with Gasteiger partial charge in [0.05, 0.1) is 12.7 Å². The highest BCUT2D eigenvalue weighted by Gasteiger charge is 2.15. The van der Waals surface area contributed by atoms with Crippen molar-refractivity contribution in [2.75, 3.05) is 6.54 Å². The second kappa shape index (κ2) is 8.03. The van der Waals surface area contributed by atoms with Crippen LogP contribution >= 0.6 is 15.9 Å². The summed E-state index contributed by atoms with van der Waals surface area (Å²) in [5.74, 6) is 0. The fraction of sp³-hybridized carbons (Fsp3) is 0.625. The Morgan fingerprint density at radius 3 is 2.79 bits per heavy atom. The van der Waals surface area contributed by atoms with Crippen molar-refractivity contribution < 1.29 is 4.74 Å². The van der Waals surface area contributed by atoms with E-state index in [1.807, 2.05) is 0 Å². The molecule has 0 amide bonds. The molecule has 0 atom stereocenters. The summed E-state index contributed by atoms with van der Waals surface area (Å²) < 4.78 is 7.13. The third kappa shape index (κ3) is 4.90. The molecular weight excluding hydrogens is 302 g/mol. The fourth-order valence-electron chi connectivity index (χ4n) is 2.49. The number of hydrogen-bond acceptors (Lipinski definition) is 2. The quantitative estimate of drug-likeness (QED) is 0.750. The topological polar surface area (TPSA) is 21.3 Å². The molecule has 0 aromatic heterocycles. The summed E-state index contributed by atoms with van der Waals surface area (Å²) in [4.78, 5) is 0. The van der Waals surface area contributed by atoms with Crippen LogP contribution in [-0.4, -0.2) is 12.6 Å². The molecule has 1 aromatic rings. The lowest BCUT2D eigenvalue weighted by Crippen LogP contribution is -2.14. The summed E-state index contributed by atoms with van der Waals surface area (Å²) >= 11 is 3.66. The number of benzene rings is 1. The maximum absolute atomic E-state index is 5.96. The van der Waals surface area contributed by atoms with Crippen LogP contribution in [0.2, 0.25) is 0 Å². The Hall–Kier alpha value is -0.380. The van der Waals surface area contributed by atoms with Gasteiger partial charge in [-0.05, 0) is 43.0 Å². The lowest BCUT2D eigenvalue weighted by atomic mass is 10.1. The summed E-state index contributed by atoms with van der Waals surface area (Å²) in [5, 5.41) is 3.42. The third-order valence-electron chi connectivity index (χ3n) is 3.65. The van der Waals surface area contributed by atoms with Crippen molar-refractivity contribution in [1.82, 2.24) is 5.32 Å². The van der Waals surface area contributed by atoms with Gasteiger partial charge in [0.15, 0.2) is 0 Å². The van der Waals surface area contributed by atoms with Crippen molar-refractivity contribution >= 4 is 15.9 Å². The van der Waals surface area contributed by atoms with E-state index in [9.17, 15) is 0 Å². The molecular formula is C16H24BrNO. The lowest BCUT2D eigenvalue weighted by molar-refractivity contribution is 0.0454. The van der Waals surface area contributed by atoms with E-state index in [1.54, 1.807) is 0 Å². The lowest BCUT2D eigenvalue weighted by Gasteiger charge is -2.13. The van der Waals surface area contributed by atoms with Crippen molar-refractivity contribution in [2.24, 2.45) is 0 Å². The first-order valence-electron chi connectivity index (χ1n) is 7.39. The molecule has 0 unspecified atom stereocenters. The Morgan fingerprint density at radius 2 is 2.11 bits per heavy atom. The molecule has 1 aliphatic carbocycles. The highest BCUT2D eigenvalue weighted by Crippen LogP contribution is 2.24. The van der Waals surface area contributed by atoms with Crippen molar-refractivity contribution in [3.8, 4) is 0 Å². The first kappa shape index (κ1) is 15.0. The molecule has 3 heteroatoms. The van der Waals surface area contributed by atoms with Crippen molar-refractivity contribution in [2.45, 2.75) is 58.3 Å². The fourth-order valence-corrected chi connectivity index (χ4v) is 3.03. The molecule has 1 aliphatic rings. The number of rotatable bonds is 7. The van der Waals surface area contributed by atoms with Crippen molar-refractivity contribution in [1.29, 1.82) is 0 Å². The van der Waals surface area contributed by atoms with E-state index in [2.05, 4.69) is 46.4 Å². The average molecular weight is 326 g/mol. The summed E-state index contributed by atoms with van der Waals surface area (Å²) in [5.41, 5.74) is 2.58. The molecule has 0 spiro atoms. The summed E-state index contributed by atoms with van der Waals surface area (Å²) in [6.07, 6.45) is 6.78. The minimum atomic E-state index is 0.484. The van der Waals surface area contributed by atoms with Gasteiger partial charge in [0.25, 0.3) is 0 Å². The molecule has 0 radical (unpaired) electrons. The smallest absolute Gasteiger partial charge is 0.0731 e. The summed E-state index contributed by atoms with van der Waals surface area (Å²) in [7, 11) is 0. The van der Waals surface area contributed by atoms with E-state index in [0.717, 1.165) is 19.7 Å². The second-order valence-corrected chi connectivity index (χ2v) is 6.17. The molecule has 106 valence electrons. The molecule has 0 bridgehead atoms. The molecule has 19 heavy (non-hydrogen) atoms. The van der Waals surface area contributed by atoms with Gasteiger partial charge in [0.1, 0.15) is 0 Å². The van der Waals surface area contributed by atoms with Crippen LogP contribution in [0, 0.1) is 0 Å². The van der Waals surface area contributed by atoms with Gasteiger partial charge in [-0.15, -0.1) is 0 Å². The molecule has 1 N–H and O–H groups in total. The maximum atomic E-state index is 5.96. The van der Waals surface area contributed by atoms with Crippen LogP contribution in [0.5, 0.6) is 0 Å². The first-order chi connectivity index (χ1) is 9.29. The largest absolute Gasteiger partial charge is 0.374 e. The Morgan fingerprint density at radius 1 is 1.32 bits per heavy atom. The van der Waals surface area contributed by atoms with Crippen LogP contribution < -0.4 is 5.32 Å². The highest BCUT2D eigenvalue weighted by atomic mass is 79.9. The summed E-state index contributed by atoms with van der Waals surface area (Å²) in [6.45, 7) is 4.93. The Kier molecular flexibility index (Phi) is 6.35. The predicted octanol–water partition coefficient (Wildman–Crippen LogP) is 4.41. The highest BCUT2D eigenvalue weighted by molar-refractivity contribution is 9.10. The minimum absolute atomic E-state index is 0.484. The number of halogens is 1. The van der Waals surface area contributed by atoms with Crippen LogP contribution in [0.15, 0.2) is 22.7 Å². The van der Waals surface area contributed by atoms with Crippen LogP contribution in [-0.2, 0) is 17.9 Å². The Balaban J connectivity index is 1.83. The van der Waals surface area contributed by atoms with Gasteiger partial charge in [-0.3, -0.25) is 0 Å². The van der Waals surface area contributed by atoms with Crippen LogP contribution in [0.3, 0.4) is 0 Å². The standard InChI is InChI=1S/C16H24BrNO/c1-2-9-18-11-13-7-8-14(16(17)10-13)12-19-15-5-3-4-6-15/h7-8,10,15,18H,2-6,9,11-12H2,1H3. The Bertz CT molecular complexity index is 388. The maximum Gasteiger partial charge on any atom is 0.0731 e. The van der Waals surface area contributed by atoms with Gasteiger partial charge in [-0.1, -0.05) is 47.8 Å². The van der Waals surface area contributed by atoms with Crippen LogP contribution in [0.4, 0.5) is 0 Å². The zero-order valence-corrected chi connectivity index (χ0v) is 13.3. The molecule has 1 saturated carbocycles. The number of ether oxygens (including phenoxy) is 1. The van der Waals surface area contributed by atoms with Crippen molar-refractivity contribution in [3.05, 3.63) is 33.8 Å².